The summed E-state index contributed by atoms with van der Waals surface area (Å²) in [7, 11) is 0. The van der Waals surface area contributed by atoms with Gasteiger partial charge in [0.1, 0.15) is 0 Å². The van der Waals surface area contributed by atoms with E-state index < -0.39 is 18.0 Å². The Morgan fingerprint density at radius 2 is 1.79 bits per heavy atom. The fourth-order valence-electron chi connectivity index (χ4n) is 2.87. The maximum Gasteiger partial charge on any atom is 0.417 e. The van der Waals surface area contributed by atoms with Crippen LogP contribution in [0, 0.1) is 0 Å². The quantitative estimate of drug-likeness (QED) is 0.452. The molecule has 0 radical (unpaired) electrons. The Morgan fingerprint density at radius 1 is 1.00 bits per heavy atom. The lowest BCUT2D eigenvalue weighted by Gasteiger charge is -2.14. The van der Waals surface area contributed by atoms with E-state index in [2.05, 4.69) is 20.4 Å². The maximum atomic E-state index is 13.3. The molecule has 1 unspecified atom stereocenters. The van der Waals surface area contributed by atoms with E-state index in [1.165, 1.54) is 59.2 Å². The third-order valence-corrected chi connectivity index (χ3v) is 4.19. The van der Waals surface area contributed by atoms with Crippen molar-refractivity contribution >= 4 is 11.5 Å². The molecule has 3 N–H and O–H groups in total. The highest BCUT2D eigenvalue weighted by atomic mass is 19.4. The first-order chi connectivity index (χ1) is 13.8. The van der Waals surface area contributed by atoms with Gasteiger partial charge in [-0.25, -0.2) is 9.97 Å². The molecule has 29 heavy (non-hydrogen) atoms. The number of aromatic hydroxyl groups is 1. The molecule has 1 aromatic carbocycles. The predicted octanol–water partition coefficient (Wildman–Crippen LogP) is 3.62. The number of halogens is 3. The summed E-state index contributed by atoms with van der Waals surface area (Å²) in [6, 6.07) is 12.5. The van der Waals surface area contributed by atoms with Gasteiger partial charge in [0, 0.05) is 11.6 Å². The number of benzene rings is 1. The number of nitrogens with zero attached hydrogens (tertiary/aromatic N) is 4. The van der Waals surface area contributed by atoms with E-state index >= 15 is 0 Å². The zero-order valence-corrected chi connectivity index (χ0v) is 14.7. The highest BCUT2D eigenvalue weighted by molar-refractivity contribution is 5.66. The zero-order chi connectivity index (χ0) is 20.6. The van der Waals surface area contributed by atoms with Gasteiger partial charge in [-0.1, -0.05) is 24.3 Å². The van der Waals surface area contributed by atoms with Crippen LogP contribution in [0.3, 0.4) is 0 Å². The number of rotatable bonds is 4. The molecule has 10 heteroatoms. The van der Waals surface area contributed by atoms with E-state index in [1.807, 2.05) is 0 Å². The Balaban J connectivity index is 1.73. The summed E-state index contributed by atoms with van der Waals surface area (Å²) >= 11 is 0. The second-order valence-corrected chi connectivity index (χ2v) is 6.14. The molecule has 0 bridgehead atoms. The molecule has 0 saturated heterocycles. The summed E-state index contributed by atoms with van der Waals surface area (Å²) < 4.78 is 41.3. The molecular formula is C19H14F3N5O2. The molecule has 0 aliphatic heterocycles. The average Bonchev–Trinajstić information content (AvgIpc) is 3.09. The van der Waals surface area contributed by atoms with Crippen molar-refractivity contribution in [2.24, 2.45) is 0 Å². The lowest BCUT2D eigenvalue weighted by Crippen LogP contribution is -2.13. The van der Waals surface area contributed by atoms with Crippen LogP contribution in [0.5, 0.6) is 5.88 Å². The van der Waals surface area contributed by atoms with E-state index in [4.69, 9.17) is 0 Å². The number of imidazole rings is 1. The van der Waals surface area contributed by atoms with Crippen LogP contribution in [-0.2, 0) is 6.18 Å². The number of pyridine rings is 1. The van der Waals surface area contributed by atoms with Crippen molar-refractivity contribution in [1.29, 1.82) is 0 Å². The molecular weight excluding hydrogens is 387 g/mol. The van der Waals surface area contributed by atoms with E-state index in [1.54, 1.807) is 0 Å². The number of alkyl halides is 3. The lowest BCUT2D eigenvalue weighted by atomic mass is 10.0. The van der Waals surface area contributed by atoms with E-state index in [0.717, 1.165) is 6.07 Å². The Kier molecular flexibility index (Phi) is 4.55. The average molecular weight is 401 g/mol. The van der Waals surface area contributed by atoms with Gasteiger partial charge in [-0.05, 0) is 24.3 Å². The fraction of sp³-hybridized carbons (Fsp3) is 0.105. The van der Waals surface area contributed by atoms with Crippen LogP contribution in [0.2, 0.25) is 0 Å². The first-order valence-corrected chi connectivity index (χ1v) is 8.45. The molecule has 4 rings (SSSR count). The van der Waals surface area contributed by atoms with Crippen LogP contribution in [0.25, 0.3) is 16.9 Å². The van der Waals surface area contributed by atoms with E-state index in [9.17, 15) is 23.4 Å². The van der Waals surface area contributed by atoms with Crippen molar-refractivity contribution in [2.75, 3.05) is 5.32 Å². The Bertz CT molecular complexity index is 1180. The molecule has 3 aromatic heterocycles. The molecule has 148 valence electrons. The number of nitrogens with one attached hydrogen (secondary N) is 1. The Morgan fingerprint density at radius 3 is 2.55 bits per heavy atom. The topological polar surface area (TPSA) is 95.6 Å². The monoisotopic (exact) mass is 401 g/mol. The maximum absolute atomic E-state index is 13.3. The summed E-state index contributed by atoms with van der Waals surface area (Å²) in [5.41, 5.74) is -0.256. The van der Waals surface area contributed by atoms with Crippen LogP contribution in [0.15, 0.2) is 60.8 Å². The van der Waals surface area contributed by atoms with Crippen LogP contribution in [0.1, 0.15) is 17.5 Å². The van der Waals surface area contributed by atoms with Gasteiger partial charge >= 0.3 is 6.18 Å². The first kappa shape index (κ1) is 18.7. The summed E-state index contributed by atoms with van der Waals surface area (Å²) in [4.78, 5) is 7.93. The number of aliphatic hydroxyl groups is 1. The third kappa shape index (κ3) is 3.69. The number of fused-ring (bicyclic) bond motifs is 1. The van der Waals surface area contributed by atoms with Gasteiger partial charge in [-0.15, -0.1) is 0 Å². The second kappa shape index (κ2) is 7.06. The number of anilines is 1. The van der Waals surface area contributed by atoms with Gasteiger partial charge < -0.3 is 15.5 Å². The molecule has 3 heterocycles. The molecule has 1 atom stereocenters. The predicted molar refractivity (Wildman–Crippen MR) is 97.9 cm³/mol. The molecule has 0 amide bonds. The molecule has 0 fully saturated rings. The van der Waals surface area contributed by atoms with Gasteiger partial charge in [0.15, 0.2) is 17.7 Å². The van der Waals surface area contributed by atoms with Crippen LogP contribution in [0.4, 0.5) is 19.0 Å². The minimum Gasteiger partial charge on any atom is -0.493 e. The SMILES string of the molecule is Oc1cccc(C(O)Nc2cnc3ccc(-c4ccccc4C(F)(F)F)nn23)n1. The van der Waals surface area contributed by atoms with Gasteiger partial charge in [0.05, 0.1) is 23.1 Å². The minimum atomic E-state index is -4.53. The number of aliphatic hydroxyl groups excluding tert-OH is 1. The minimum absolute atomic E-state index is 0.0725. The van der Waals surface area contributed by atoms with Gasteiger partial charge in [-0.2, -0.15) is 22.8 Å². The summed E-state index contributed by atoms with van der Waals surface area (Å²) in [5, 5.41) is 26.7. The van der Waals surface area contributed by atoms with Crippen LogP contribution < -0.4 is 5.32 Å². The van der Waals surface area contributed by atoms with E-state index in [-0.39, 0.29) is 28.6 Å². The van der Waals surface area contributed by atoms with Crippen LogP contribution in [-0.4, -0.2) is 29.8 Å². The highest BCUT2D eigenvalue weighted by Gasteiger charge is 2.33. The lowest BCUT2D eigenvalue weighted by molar-refractivity contribution is -0.137. The van der Waals surface area contributed by atoms with Crippen molar-refractivity contribution in [3.8, 4) is 17.1 Å². The van der Waals surface area contributed by atoms with Gasteiger partial charge in [0.2, 0.25) is 5.88 Å². The van der Waals surface area contributed by atoms with Crippen molar-refractivity contribution in [3.05, 3.63) is 72.1 Å². The Labute approximate surface area is 162 Å². The summed E-state index contributed by atoms with van der Waals surface area (Å²) in [5.74, 6) is -0.0188. The summed E-state index contributed by atoms with van der Waals surface area (Å²) in [6.45, 7) is 0. The number of hydrogen-bond donors (Lipinski definition) is 3. The Hall–Kier alpha value is -3.66. The van der Waals surface area contributed by atoms with Gasteiger partial charge in [0.25, 0.3) is 0 Å². The molecule has 7 nitrogen and oxygen atoms in total. The molecule has 0 aliphatic carbocycles. The molecule has 4 aromatic rings. The fourth-order valence-corrected chi connectivity index (χ4v) is 2.87. The van der Waals surface area contributed by atoms with Crippen molar-refractivity contribution < 1.29 is 23.4 Å². The smallest absolute Gasteiger partial charge is 0.417 e. The van der Waals surface area contributed by atoms with Gasteiger partial charge in [-0.3, -0.25) is 0 Å². The summed E-state index contributed by atoms with van der Waals surface area (Å²) in [6.07, 6.45) is -4.44. The molecule has 0 aliphatic rings. The van der Waals surface area contributed by atoms with Crippen LogP contribution >= 0.6 is 0 Å². The standard InChI is InChI=1S/C19H14F3N5O2/c20-19(21,22)12-5-2-1-4-11(12)13-8-9-15-23-10-16(27(15)26-13)25-18(29)14-6-3-7-17(28)24-14/h1-10,18,25,29H,(H,24,28). The normalized spacial score (nSPS) is 12.8. The molecule has 0 saturated carbocycles. The van der Waals surface area contributed by atoms with Crippen molar-refractivity contribution in [1.82, 2.24) is 19.6 Å². The highest BCUT2D eigenvalue weighted by Crippen LogP contribution is 2.36. The largest absolute Gasteiger partial charge is 0.493 e. The van der Waals surface area contributed by atoms with Crippen molar-refractivity contribution in [2.45, 2.75) is 12.4 Å². The number of hydrogen-bond acceptors (Lipinski definition) is 6. The zero-order valence-electron chi connectivity index (χ0n) is 14.7. The third-order valence-electron chi connectivity index (χ3n) is 4.19. The van der Waals surface area contributed by atoms with E-state index in [0.29, 0.717) is 5.65 Å². The second-order valence-electron chi connectivity index (χ2n) is 6.14. The number of aromatic nitrogens is 4. The molecule has 0 spiro atoms. The first-order valence-electron chi connectivity index (χ1n) is 8.45. The van der Waals surface area contributed by atoms with Crippen molar-refractivity contribution in [3.63, 3.8) is 0 Å².